The van der Waals surface area contributed by atoms with Crippen LogP contribution in [0.15, 0.2) is 18.2 Å². The molecule has 0 radical (unpaired) electrons. The van der Waals surface area contributed by atoms with Crippen LogP contribution in [0.5, 0.6) is 0 Å². The molecular weight excluding hydrogens is 281 g/mol. The molecule has 0 saturated carbocycles. The zero-order valence-corrected chi connectivity index (χ0v) is 10.9. The molecule has 0 heterocycles. The molecule has 2 nitrogen and oxygen atoms in total. The van der Waals surface area contributed by atoms with Crippen LogP contribution < -0.4 is 5.32 Å². The summed E-state index contributed by atoms with van der Waals surface area (Å²) in [5.41, 5.74) is 0.181. The van der Waals surface area contributed by atoms with E-state index in [-0.39, 0.29) is 31.1 Å². The fourth-order valence-corrected chi connectivity index (χ4v) is 1.73. The van der Waals surface area contributed by atoms with Crippen LogP contribution in [0.2, 0.25) is 0 Å². The lowest BCUT2D eigenvalue weighted by Gasteiger charge is -2.17. The maximum absolute atomic E-state index is 13.5. The number of ether oxygens (including phenoxy) is 1. The molecule has 1 rings (SSSR count). The number of benzene rings is 1. The first-order chi connectivity index (χ1) is 9.33. The quantitative estimate of drug-likeness (QED) is 0.617. The molecule has 20 heavy (non-hydrogen) atoms. The molecule has 0 aliphatic carbocycles. The van der Waals surface area contributed by atoms with Crippen molar-refractivity contribution in [1.29, 1.82) is 0 Å². The average molecular weight is 297 g/mol. The molecule has 0 aliphatic heterocycles. The second kappa shape index (κ2) is 7.54. The van der Waals surface area contributed by atoms with Crippen LogP contribution in [0, 0.1) is 11.6 Å². The standard InChI is InChI=1S/C13H16F5NO/c1-19-10(5-6-20-8-13(16,17)18)7-9-3-2-4-11(14)12(9)15/h2-4,10,19H,5-8H2,1H3. The molecule has 1 unspecified atom stereocenters. The number of nitrogens with one attached hydrogen (secondary N) is 1. The van der Waals surface area contributed by atoms with E-state index < -0.39 is 24.4 Å². The Hall–Kier alpha value is -1.21. The van der Waals surface area contributed by atoms with Gasteiger partial charge >= 0.3 is 6.18 Å². The third-order valence-corrected chi connectivity index (χ3v) is 2.78. The van der Waals surface area contributed by atoms with E-state index in [1.807, 2.05) is 0 Å². The van der Waals surface area contributed by atoms with E-state index in [1.165, 1.54) is 12.1 Å². The van der Waals surface area contributed by atoms with Gasteiger partial charge in [-0.3, -0.25) is 0 Å². The first kappa shape index (κ1) is 16.8. The number of rotatable bonds is 7. The van der Waals surface area contributed by atoms with Crippen molar-refractivity contribution in [1.82, 2.24) is 5.32 Å². The zero-order chi connectivity index (χ0) is 15.2. The van der Waals surface area contributed by atoms with Crippen molar-refractivity contribution in [3.05, 3.63) is 35.4 Å². The van der Waals surface area contributed by atoms with Gasteiger partial charge in [-0.05, 0) is 31.5 Å². The summed E-state index contributed by atoms with van der Waals surface area (Å²) in [7, 11) is 1.60. The topological polar surface area (TPSA) is 21.3 Å². The van der Waals surface area contributed by atoms with Gasteiger partial charge in [0, 0.05) is 12.6 Å². The maximum Gasteiger partial charge on any atom is 0.411 e. The van der Waals surface area contributed by atoms with Crippen molar-refractivity contribution in [3.8, 4) is 0 Å². The van der Waals surface area contributed by atoms with E-state index in [0.29, 0.717) is 0 Å². The molecule has 0 spiro atoms. The van der Waals surface area contributed by atoms with Gasteiger partial charge in [-0.15, -0.1) is 0 Å². The molecule has 0 saturated heterocycles. The van der Waals surface area contributed by atoms with Crippen molar-refractivity contribution in [3.63, 3.8) is 0 Å². The predicted octanol–water partition coefficient (Wildman–Crippen LogP) is 3.06. The van der Waals surface area contributed by atoms with Gasteiger partial charge in [-0.2, -0.15) is 13.2 Å². The second-order valence-corrected chi connectivity index (χ2v) is 4.36. The zero-order valence-electron chi connectivity index (χ0n) is 10.9. The summed E-state index contributed by atoms with van der Waals surface area (Å²) in [5.74, 6) is -1.87. The highest BCUT2D eigenvalue weighted by Gasteiger charge is 2.27. The Morgan fingerprint density at radius 2 is 1.95 bits per heavy atom. The maximum atomic E-state index is 13.5. The third kappa shape index (κ3) is 5.83. The lowest BCUT2D eigenvalue weighted by atomic mass is 10.0. The largest absolute Gasteiger partial charge is 0.411 e. The fraction of sp³-hybridized carbons (Fsp3) is 0.538. The highest BCUT2D eigenvalue weighted by atomic mass is 19.4. The van der Waals surface area contributed by atoms with Crippen LogP contribution in [0.25, 0.3) is 0 Å². The van der Waals surface area contributed by atoms with Gasteiger partial charge in [0.05, 0.1) is 0 Å². The van der Waals surface area contributed by atoms with Crippen LogP contribution in [0.1, 0.15) is 12.0 Å². The van der Waals surface area contributed by atoms with Crippen LogP contribution in [0.3, 0.4) is 0 Å². The SMILES string of the molecule is CNC(CCOCC(F)(F)F)Cc1cccc(F)c1F. The summed E-state index contributed by atoms with van der Waals surface area (Å²) in [6.45, 7) is -1.42. The fourth-order valence-electron chi connectivity index (χ4n) is 1.73. The number of alkyl halides is 3. The molecule has 1 aromatic carbocycles. The van der Waals surface area contributed by atoms with E-state index >= 15 is 0 Å². The van der Waals surface area contributed by atoms with E-state index in [1.54, 1.807) is 7.05 Å². The minimum atomic E-state index is -4.36. The molecule has 0 amide bonds. The van der Waals surface area contributed by atoms with Gasteiger partial charge in [-0.25, -0.2) is 8.78 Å². The Kier molecular flexibility index (Phi) is 6.35. The van der Waals surface area contributed by atoms with Gasteiger partial charge in [0.1, 0.15) is 6.61 Å². The molecule has 0 aromatic heterocycles. The van der Waals surface area contributed by atoms with Crippen molar-refractivity contribution in [2.75, 3.05) is 20.3 Å². The minimum Gasteiger partial charge on any atom is -0.372 e. The smallest absolute Gasteiger partial charge is 0.372 e. The predicted molar refractivity (Wildman–Crippen MR) is 64.4 cm³/mol. The summed E-state index contributed by atoms with van der Waals surface area (Å²) < 4.78 is 66.6. The normalized spacial score (nSPS) is 13.5. The molecular formula is C13H16F5NO. The van der Waals surface area contributed by atoms with Gasteiger partial charge in [0.25, 0.3) is 0 Å². The molecule has 0 aliphatic rings. The Morgan fingerprint density at radius 1 is 1.25 bits per heavy atom. The monoisotopic (exact) mass is 297 g/mol. The van der Waals surface area contributed by atoms with Gasteiger partial charge < -0.3 is 10.1 Å². The van der Waals surface area contributed by atoms with Crippen molar-refractivity contribution >= 4 is 0 Å². The molecule has 1 atom stereocenters. The summed E-state index contributed by atoms with van der Waals surface area (Å²) in [4.78, 5) is 0. The molecule has 1 N–H and O–H groups in total. The van der Waals surface area contributed by atoms with Crippen molar-refractivity contribution in [2.24, 2.45) is 0 Å². The number of likely N-dealkylation sites (N-methyl/N-ethyl adjacent to an activating group) is 1. The second-order valence-electron chi connectivity index (χ2n) is 4.36. The summed E-state index contributed by atoms with van der Waals surface area (Å²) >= 11 is 0. The van der Waals surface area contributed by atoms with Crippen LogP contribution in [-0.4, -0.2) is 32.5 Å². The minimum absolute atomic E-state index is 0.109. The highest BCUT2D eigenvalue weighted by molar-refractivity contribution is 5.20. The summed E-state index contributed by atoms with van der Waals surface area (Å²) in [6, 6.07) is 3.55. The van der Waals surface area contributed by atoms with Gasteiger partial charge in [-0.1, -0.05) is 12.1 Å². The highest BCUT2D eigenvalue weighted by Crippen LogP contribution is 2.16. The molecule has 114 valence electrons. The van der Waals surface area contributed by atoms with Crippen LogP contribution >= 0.6 is 0 Å². The lowest BCUT2D eigenvalue weighted by molar-refractivity contribution is -0.174. The average Bonchev–Trinajstić information content (AvgIpc) is 2.37. The third-order valence-electron chi connectivity index (χ3n) is 2.78. The summed E-state index contributed by atoms with van der Waals surface area (Å²) in [5, 5.41) is 2.84. The van der Waals surface area contributed by atoms with E-state index in [9.17, 15) is 22.0 Å². The molecule has 0 bridgehead atoms. The van der Waals surface area contributed by atoms with Crippen molar-refractivity contribution < 1.29 is 26.7 Å². The first-order valence-corrected chi connectivity index (χ1v) is 6.08. The lowest BCUT2D eigenvalue weighted by Crippen LogP contribution is -2.30. The Bertz CT molecular complexity index is 422. The molecule has 7 heteroatoms. The molecule has 0 fully saturated rings. The van der Waals surface area contributed by atoms with E-state index in [2.05, 4.69) is 10.1 Å². The van der Waals surface area contributed by atoms with E-state index in [0.717, 1.165) is 6.07 Å². The van der Waals surface area contributed by atoms with Gasteiger partial charge in [0.2, 0.25) is 0 Å². The number of halogens is 5. The number of hydrogen-bond donors (Lipinski definition) is 1. The summed E-state index contributed by atoms with van der Waals surface area (Å²) in [6.07, 6.45) is -3.91. The van der Waals surface area contributed by atoms with Gasteiger partial charge in [0.15, 0.2) is 11.6 Å². The van der Waals surface area contributed by atoms with E-state index in [4.69, 9.17) is 0 Å². The Balaban J connectivity index is 2.45. The van der Waals surface area contributed by atoms with Crippen LogP contribution in [-0.2, 0) is 11.2 Å². The molecule has 1 aromatic rings. The first-order valence-electron chi connectivity index (χ1n) is 6.08. The van der Waals surface area contributed by atoms with Crippen LogP contribution in [0.4, 0.5) is 22.0 Å². The van der Waals surface area contributed by atoms with Crippen molar-refractivity contribution in [2.45, 2.75) is 25.1 Å². The number of hydrogen-bond acceptors (Lipinski definition) is 2. The Labute approximate surface area is 113 Å². The Morgan fingerprint density at radius 3 is 2.55 bits per heavy atom.